The van der Waals surface area contributed by atoms with Crippen molar-refractivity contribution in [1.29, 1.82) is 0 Å². The number of hydrogen-bond acceptors (Lipinski definition) is 2. The first kappa shape index (κ1) is 25.3. The van der Waals surface area contributed by atoms with Gasteiger partial charge in [-0.05, 0) is 28.2 Å². The minimum Gasteiger partial charge on any atom is -1.00 e. The summed E-state index contributed by atoms with van der Waals surface area (Å²) in [5.41, 5.74) is -0.633. The standard InChI is InChI=1S/C7H4F3.C6H16N2.HI.Pd/c8-7(9,10)6-4-2-1-3-5-6;1-7(2)5-6-8(3)4;;/h2-5H;5-6H2,1-4H3;1H;/q-1;;;+2/p-1. The van der Waals surface area contributed by atoms with Crippen LogP contribution in [-0.2, 0) is 26.6 Å². The van der Waals surface area contributed by atoms with Crippen molar-refractivity contribution in [3.05, 3.63) is 35.9 Å². The van der Waals surface area contributed by atoms with Crippen LogP contribution in [0.25, 0.3) is 0 Å². The maximum Gasteiger partial charge on any atom is 2.00 e. The van der Waals surface area contributed by atoms with Crippen molar-refractivity contribution >= 4 is 0 Å². The molecule has 0 saturated heterocycles. The Bertz CT molecular complexity index is 311. The van der Waals surface area contributed by atoms with Crippen LogP contribution in [-0.4, -0.2) is 51.1 Å². The zero-order chi connectivity index (χ0) is 14.2. The summed E-state index contributed by atoms with van der Waals surface area (Å²) in [4.78, 5) is 4.36. The predicted molar refractivity (Wildman–Crippen MR) is 67.4 cm³/mol. The van der Waals surface area contributed by atoms with Crippen molar-refractivity contribution in [2.24, 2.45) is 0 Å². The van der Waals surface area contributed by atoms with Crippen molar-refractivity contribution in [3.63, 3.8) is 0 Å². The summed E-state index contributed by atoms with van der Waals surface area (Å²) in [5, 5.41) is 0. The Morgan fingerprint density at radius 2 is 1.30 bits per heavy atom. The van der Waals surface area contributed by atoms with E-state index in [4.69, 9.17) is 0 Å². The quantitative estimate of drug-likeness (QED) is 0.321. The molecule has 7 heteroatoms. The second-order valence-electron chi connectivity index (χ2n) is 4.39. The van der Waals surface area contributed by atoms with E-state index in [-0.39, 0.29) is 44.4 Å². The number of benzene rings is 1. The minimum absolute atomic E-state index is 0. The van der Waals surface area contributed by atoms with Crippen LogP contribution in [0.1, 0.15) is 5.56 Å². The van der Waals surface area contributed by atoms with Gasteiger partial charge in [0, 0.05) is 13.1 Å². The first-order chi connectivity index (χ1) is 8.23. The number of halogens is 4. The molecule has 0 saturated carbocycles. The van der Waals surface area contributed by atoms with Crippen molar-refractivity contribution in [3.8, 4) is 0 Å². The zero-order valence-corrected chi connectivity index (χ0v) is 15.7. The molecule has 0 aliphatic heterocycles. The van der Waals surface area contributed by atoms with Crippen molar-refractivity contribution in [2.75, 3.05) is 41.3 Å². The second-order valence-corrected chi connectivity index (χ2v) is 4.39. The summed E-state index contributed by atoms with van der Waals surface area (Å²) < 4.78 is 35.3. The number of likely N-dealkylation sites (N-methyl/N-ethyl adjacent to an activating group) is 2. The first-order valence-electron chi connectivity index (χ1n) is 5.56. The molecule has 0 aliphatic carbocycles. The fourth-order valence-electron chi connectivity index (χ4n) is 0.976. The number of rotatable bonds is 3. The van der Waals surface area contributed by atoms with Gasteiger partial charge >= 0.3 is 26.6 Å². The zero-order valence-electron chi connectivity index (χ0n) is 11.9. The van der Waals surface area contributed by atoms with E-state index in [9.17, 15) is 13.2 Å². The van der Waals surface area contributed by atoms with Gasteiger partial charge in [-0.25, -0.2) is 0 Å². The Kier molecular flexibility index (Phi) is 16.5. The van der Waals surface area contributed by atoms with E-state index in [2.05, 4.69) is 44.1 Å². The molecule has 20 heavy (non-hydrogen) atoms. The molecular formula is C13H20F3IN2Pd. The van der Waals surface area contributed by atoms with E-state index < -0.39 is 11.7 Å². The molecule has 0 bridgehead atoms. The SMILES string of the molecule is CN(C)CCN(C)C.FC(F)(F)c1cc[c-]cc1.[I-].[Pd+2]. The Hall–Kier alpha value is 0.322. The molecule has 2 nitrogen and oxygen atoms in total. The third-order valence-electron chi connectivity index (χ3n) is 2.04. The maximum atomic E-state index is 11.8. The molecule has 0 unspecified atom stereocenters. The van der Waals surface area contributed by atoms with Crippen molar-refractivity contribution in [2.45, 2.75) is 6.18 Å². The number of nitrogens with zero attached hydrogens (tertiary/aromatic N) is 2. The first-order valence-corrected chi connectivity index (χ1v) is 5.56. The molecule has 1 aromatic carbocycles. The topological polar surface area (TPSA) is 6.48 Å². The summed E-state index contributed by atoms with van der Waals surface area (Å²) >= 11 is 0. The maximum absolute atomic E-state index is 11.8. The monoisotopic (exact) mass is 494 g/mol. The van der Waals surface area contributed by atoms with E-state index in [1.54, 1.807) is 0 Å². The van der Waals surface area contributed by atoms with Gasteiger partial charge in [0.05, 0.1) is 0 Å². The van der Waals surface area contributed by atoms with Crippen molar-refractivity contribution < 1.29 is 57.6 Å². The van der Waals surface area contributed by atoms with Crippen LogP contribution in [0, 0.1) is 6.07 Å². The van der Waals surface area contributed by atoms with Gasteiger partial charge in [-0.3, -0.25) is 0 Å². The van der Waals surface area contributed by atoms with Gasteiger partial charge in [0.2, 0.25) is 0 Å². The van der Waals surface area contributed by atoms with E-state index in [0.717, 1.165) is 25.2 Å². The van der Waals surface area contributed by atoms with Gasteiger partial charge in [0.25, 0.3) is 0 Å². The Morgan fingerprint density at radius 1 is 0.950 bits per heavy atom. The molecule has 0 heterocycles. The molecule has 0 N–H and O–H groups in total. The molecule has 0 spiro atoms. The number of alkyl halides is 3. The summed E-state index contributed by atoms with van der Waals surface area (Å²) in [6, 6.07) is 6.95. The van der Waals surface area contributed by atoms with Crippen LogP contribution in [0.3, 0.4) is 0 Å². The van der Waals surface area contributed by atoms with Gasteiger partial charge in [-0.2, -0.15) is 43.5 Å². The van der Waals surface area contributed by atoms with E-state index in [1.165, 1.54) is 12.1 Å². The van der Waals surface area contributed by atoms with Crippen LogP contribution in [0.15, 0.2) is 24.3 Å². The summed E-state index contributed by atoms with van der Waals surface area (Å²) in [5.74, 6) is 0. The average molecular weight is 495 g/mol. The van der Waals surface area contributed by atoms with Crippen LogP contribution in [0.4, 0.5) is 13.2 Å². The van der Waals surface area contributed by atoms with Crippen LogP contribution in [0.2, 0.25) is 0 Å². The van der Waals surface area contributed by atoms with Gasteiger partial charge in [-0.15, -0.1) is 0 Å². The molecule has 0 aliphatic rings. The van der Waals surface area contributed by atoms with Gasteiger partial charge in [0.1, 0.15) is 0 Å². The third kappa shape index (κ3) is 14.7. The molecule has 0 atom stereocenters. The van der Waals surface area contributed by atoms with Gasteiger partial charge in [0.15, 0.2) is 0 Å². The van der Waals surface area contributed by atoms with E-state index in [1.807, 2.05) is 0 Å². The fraction of sp³-hybridized carbons (Fsp3) is 0.538. The Balaban J connectivity index is -0.000000269. The molecule has 120 valence electrons. The third-order valence-corrected chi connectivity index (χ3v) is 2.04. The molecule has 0 fully saturated rings. The minimum atomic E-state index is -4.23. The Morgan fingerprint density at radius 3 is 1.50 bits per heavy atom. The average Bonchev–Trinajstić information content (AvgIpc) is 2.27. The van der Waals surface area contributed by atoms with E-state index in [0.29, 0.717) is 0 Å². The van der Waals surface area contributed by atoms with E-state index >= 15 is 0 Å². The smallest absolute Gasteiger partial charge is 1.00 e. The molecule has 0 radical (unpaired) electrons. The van der Waals surface area contributed by atoms with Crippen LogP contribution in [0.5, 0.6) is 0 Å². The molecule has 1 aromatic rings. The molecule has 0 amide bonds. The van der Waals surface area contributed by atoms with Gasteiger partial charge < -0.3 is 33.8 Å². The summed E-state index contributed by atoms with van der Waals surface area (Å²) in [6.45, 7) is 2.29. The van der Waals surface area contributed by atoms with Gasteiger partial charge in [-0.1, -0.05) is 5.56 Å². The second kappa shape index (κ2) is 13.0. The largest absolute Gasteiger partial charge is 2.00 e. The molecular weight excluding hydrogens is 474 g/mol. The Labute approximate surface area is 150 Å². The predicted octanol–water partition coefficient (Wildman–Crippen LogP) is -0.383. The number of hydrogen-bond donors (Lipinski definition) is 0. The van der Waals surface area contributed by atoms with Crippen molar-refractivity contribution in [1.82, 2.24) is 9.80 Å². The molecule has 0 aromatic heterocycles. The summed E-state index contributed by atoms with van der Waals surface area (Å²) in [6.07, 6.45) is -4.23. The van der Waals surface area contributed by atoms with Crippen LogP contribution >= 0.6 is 0 Å². The normalized spacial score (nSPS) is 10.2. The van der Waals surface area contributed by atoms with Crippen LogP contribution < -0.4 is 24.0 Å². The molecule has 1 rings (SSSR count). The fourth-order valence-corrected chi connectivity index (χ4v) is 0.976. The summed E-state index contributed by atoms with van der Waals surface area (Å²) in [7, 11) is 8.35.